The molecule has 0 unspecified atom stereocenters. The molecule has 0 aliphatic carbocycles. The van der Waals surface area contributed by atoms with E-state index < -0.39 is 0 Å². The molecule has 1 saturated heterocycles. The van der Waals surface area contributed by atoms with Gasteiger partial charge in [0.15, 0.2) is 5.11 Å². The van der Waals surface area contributed by atoms with Crippen molar-refractivity contribution in [3.05, 3.63) is 35.5 Å². The maximum atomic E-state index is 12.4. The number of carbonyl (C=O) groups excluding carboxylic acids is 1. The Bertz CT molecular complexity index is 603. The van der Waals surface area contributed by atoms with E-state index in [0.29, 0.717) is 23.3 Å². The molecule has 0 bridgehead atoms. The largest absolute Gasteiger partial charge is 0.372 e. The minimum atomic E-state index is -0.0449. The van der Waals surface area contributed by atoms with E-state index >= 15 is 0 Å². The molecule has 23 heavy (non-hydrogen) atoms. The number of benzene rings is 1. The zero-order valence-corrected chi connectivity index (χ0v) is 15.1. The second-order valence-electron chi connectivity index (χ2n) is 6.06. The van der Waals surface area contributed by atoms with Crippen molar-refractivity contribution in [3.63, 3.8) is 0 Å². The highest BCUT2D eigenvalue weighted by atomic mass is 32.1. The smallest absolute Gasteiger partial charge is 0.276 e. The Balaban J connectivity index is 2.16. The summed E-state index contributed by atoms with van der Waals surface area (Å²) in [6.45, 7) is 11.0. The van der Waals surface area contributed by atoms with Crippen molar-refractivity contribution in [2.45, 2.75) is 27.7 Å². The molecule has 1 aromatic carbocycles. The van der Waals surface area contributed by atoms with Crippen LogP contribution in [-0.4, -0.2) is 35.6 Å². The van der Waals surface area contributed by atoms with Crippen LogP contribution in [0.15, 0.2) is 30.0 Å². The summed E-state index contributed by atoms with van der Waals surface area (Å²) in [6.07, 6.45) is 1.86. The van der Waals surface area contributed by atoms with Gasteiger partial charge in [0, 0.05) is 25.3 Å². The Kier molecular flexibility index (Phi) is 5.77. The average molecular weight is 331 g/mol. The van der Waals surface area contributed by atoms with Gasteiger partial charge in [-0.15, -0.1) is 0 Å². The number of hydrogen-bond donors (Lipinski definition) is 1. The molecule has 5 heteroatoms. The molecular formula is C18H25N3OS. The lowest BCUT2D eigenvalue weighted by atomic mass is 10.1. The van der Waals surface area contributed by atoms with E-state index in [-0.39, 0.29) is 5.91 Å². The van der Waals surface area contributed by atoms with Crippen LogP contribution in [0.2, 0.25) is 0 Å². The van der Waals surface area contributed by atoms with Crippen molar-refractivity contribution in [1.82, 2.24) is 10.2 Å². The number of nitrogens with zero attached hydrogens (tertiary/aromatic N) is 2. The highest BCUT2D eigenvalue weighted by Crippen LogP contribution is 2.19. The second-order valence-corrected chi connectivity index (χ2v) is 6.45. The third kappa shape index (κ3) is 4.10. The third-order valence-corrected chi connectivity index (χ3v) is 4.17. The summed E-state index contributed by atoms with van der Waals surface area (Å²) in [5.41, 5.74) is 2.73. The number of anilines is 1. The van der Waals surface area contributed by atoms with E-state index in [4.69, 9.17) is 12.2 Å². The fraction of sp³-hybridized carbons (Fsp3) is 0.444. The molecular weight excluding hydrogens is 306 g/mol. The molecule has 1 aromatic rings. The molecule has 1 fully saturated rings. The van der Waals surface area contributed by atoms with Gasteiger partial charge in [-0.3, -0.25) is 9.69 Å². The van der Waals surface area contributed by atoms with Crippen LogP contribution >= 0.6 is 12.2 Å². The standard InChI is InChI=1S/C18H25N3OS/c1-5-20(6-2)15-9-7-14(8-10-15)11-16-17(22)21(12-13(3)4)18(23)19-16/h7-11,13H,5-6,12H2,1-4H3,(H,19,23)/b16-11+. The zero-order valence-electron chi connectivity index (χ0n) is 14.3. The molecule has 4 nitrogen and oxygen atoms in total. The van der Waals surface area contributed by atoms with E-state index in [0.717, 1.165) is 18.7 Å². The third-order valence-electron chi connectivity index (χ3n) is 3.84. The fourth-order valence-corrected chi connectivity index (χ4v) is 2.91. The van der Waals surface area contributed by atoms with Gasteiger partial charge in [-0.25, -0.2) is 0 Å². The summed E-state index contributed by atoms with van der Waals surface area (Å²) in [4.78, 5) is 16.3. The van der Waals surface area contributed by atoms with Crippen LogP contribution in [0.4, 0.5) is 5.69 Å². The molecule has 0 radical (unpaired) electrons. The van der Waals surface area contributed by atoms with E-state index in [1.165, 1.54) is 5.69 Å². The van der Waals surface area contributed by atoms with Gasteiger partial charge in [0.2, 0.25) is 0 Å². The normalized spacial score (nSPS) is 16.4. The zero-order chi connectivity index (χ0) is 17.0. The van der Waals surface area contributed by atoms with Gasteiger partial charge in [-0.05, 0) is 55.8 Å². The van der Waals surface area contributed by atoms with Gasteiger partial charge < -0.3 is 10.2 Å². The molecule has 1 heterocycles. The van der Waals surface area contributed by atoms with E-state index in [9.17, 15) is 4.79 Å². The van der Waals surface area contributed by atoms with Crippen LogP contribution in [-0.2, 0) is 4.79 Å². The first-order valence-corrected chi connectivity index (χ1v) is 8.56. The first-order chi connectivity index (χ1) is 11.0. The Morgan fingerprint density at radius 3 is 2.35 bits per heavy atom. The molecule has 0 saturated carbocycles. The van der Waals surface area contributed by atoms with Crippen molar-refractivity contribution >= 4 is 35.0 Å². The molecule has 0 atom stereocenters. The predicted molar refractivity (Wildman–Crippen MR) is 100 cm³/mol. The molecule has 0 spiro atoms. The Morgan fingerprint density at radius 2 is 1.83 bits per heavy atom. The monoisotopic (exact) mass is 331 g/mol. The van der Waals surface area contributed by atoms with Gasteiger partial charge in [-0.1, -0.05) is 26.0 Å². The van der Waals surface area contributed by atoms with Crippen LogP contribution in [0.1, 0.15) is 33.3 Å². The van der Waals surface area contributed by atoms with Gasteiger partial charge in [0.05, 0.1) is 0 Å². The van der Waals surface area contributed by atoms with E-state index in [1.54, 1.807) is 4.90 Å². The van der Waals surface area contributed by atoms with Crippen molar-refractivity contribution in [1.29, 1.82) is 0 Å². The summed E-state index contributed by atoms with van der Waals surface area (Å²) in [6, 6.07) is 8.24. The number of thiocarbonyl (C=S) groups is 1. The first kappa shape index (κ1) is 17.5. The summed E-state index contributed by atoms with van der Waals surface area (Å²) in [5, 5.41) is 3.52. The lowest BCUT2D eigenvalue weighted by Gasteiger charge is -2.20. The Hall–Kier alpha value is -1.88. The van der Waals surface area contributed by atoms with Crippen LogP contribution in [0.3, 0.4) is 0 Å². The van der Waals surface area contributed by atoms with Crippen molar-refractivity contribution in [2.75, 3.05) is 24.5 Å². The maximum absolute atomic E-state index is 12.4. The lowest BCUT2D eigenvalue weighted by molar-refractivity contribution is -0.122. The molecule has 0 aromatic heterocycles. The van der Waals surface area contributed by atoms with Crippen molar-refractivity contribution in [2.24, 2.45) is 5.92 Å². The number of carbonyl (C=O) groups is 1. The fourth-order valence-electron chi connectivity index (χ4n) is 2.64. The molecule has 1 amide bonds. The lowest BCUT2D eigenvalue weighted by Crippen LogP contribution is -2.33. The van der Waals surface area contributed by atoms with Crippen LogP contribution in [0.25, 0.3) is 6.08 Å². The summed E-state index contributed by atoms with van der Waals surface area (Å²) < 4.78 is 0. The number of rotatable bonds is 6. The SMILES string of the molecule is CCN(CC)c1ccc(/C=C2/NC(=S)N(CC(C)C)C2=O)cc1. The Labute approximate surface area is 144 Å². The number of nitrogens with one attached hydrogen (secondary N) is 1. The summed E-state index contributed by atoms with van der Waals surface area (Å²) >= 11 is 5.26. The minimum absolute atomic E-state index is 0.0449. The molecule has 1 aliphatic heterocycles. The van der Waals surface area contributed by atoms with Crippen LogP contribution in [0.5, 0.6) is 0 Å². The predicted octanol–water partition coefficient (Wildman–Crippen LogP) is 3.25. The van der Waals surface area contributed by atoms with E-state index in [2.05, 4.69) is 50.0 Å². The van der Waals surface area contributed by atoms with Gasteiger partial charge in [0.25, 0.3) is 5.91 Å². The van der Waals surface area contributed by atoms with Crippen LogP contribution < -0.4 is 10.2 Å². The number of hydrogen-bond acceptors (Lipinski definition) is 3. The van der Waals surface area contributed by atoms with Crippen molar-refractivity contribution < 1.29 is 4.79 Å². The van der Waals surface area contributed by atoms with Crippen LogP contribution in [0, 0.1) is 5.92 Å². The molecule has 124 valence electrons. The Morgan fingerprint density at radius 1 is 1.22 bits per heavy atom. The number of amides is 1. The topological polar surface area (TPSA) is 35.6 Å². The average Bonchev–Trinajstić information content (AvgIpc) is 2.77. The molecule has 2 rings (SSSR count). The summed E-state index contributed by atoms with van der Waals surface area (Å²) in [7, 11) is 0. The molecule has 1 aliphatic rings. The first-order valence-electron chi connectivity index (χ1n) is 8.15. The summed E-state index contributed by atoms with van der Waals surface area (Å²) in [5.74, 6) is 0.336. The highest BCUT2D eigenvalue weighted by Gasteiger charge is 2.30. The minimum Gasteiger partial charge on any atom is -0.372 e. The van der Waals surface area contributed by atoms with Gasteiger partial charge >= 0.3 is 0 Å². The van der Waals surface area contributed by atoms with Gasteiger partial charge in [-0.2, -0.15) is 0 Å². The quantitative estimate of drug-likeness (QED) is 0.641. The van der Waals surface area contributed by atoms with Gasteiger partial charge in [0.1, 0.15) is 5.70 Å². The maximum Gasteiger partial charge on any atom is 0.276 e. The van der Waals surface area contributed by atoms with Crippen molar-refractivity contribution in [3.8, 4) is 0 Å². The second kappa shape index (κ2) is 7.59. The molecule has 1 N–H and O–H groups in total. The highest BCUT2D eigenvalue weighted by molar-refractivity contribution is 7.80. The van der Waals surface area contributed by atoms with E-state index in [1.807, 2.05) is 18.2 Å².